The van der Waals surface area contributed by atoms with Crippen molar-refractivity contribution < 1.29 is 5.11 Å². The quantitative estimate of drug-likeness (QED) is 0.730. The van der Waals surface area contributed by atoms with Crippen LogP contribution < -0.4 is 0 Å². The molecule has 0 bridgehead atoms. The molecule has 0 fully saturated rings. The van der Waals surface area contributed by atoms with Gasteiger partial charge in [-0.2, -0.15) is 0 Å². The van der Waals surface area contributed by atoms with Crippen molar-refractivity contribution in [3.8, 4) is 5.75 Å². The van der Waals surface area contributed by atoms with Gasteiger partial charge in [-0.1, -0.05) is 24.6 Å². The van der Waals surface area contributed by atoms with Crippen molar-refractivity contribution >= 4 is 5.57 Å². The Morgan fingerprint density at radius 1 is 1.31 bits per heavy atom. The Morgan fingerprint density at radius 2 is 2.00 bits per heavy atom. The zero-order valence-electron chi connectivity index (χ0n) is 8.46. The number of phenols is 1. The molecule has 1 rings (SSSR count). The van der Waals surface area contributed by atoms with Gasteiger partial charge < -0.3 is 5.11 Å². The summed E-state index contributed by atoms with van der Waals surface area (Å²) in [4.78, 5) is 0. The minimum absolute atomic E-state index is 0.338. The van der Waals surface area contributed by atoms with Crippen molar-refractivity contribution in [2.24, 2.45) is 0 Å². The standard InChI is InChI=1S/C12H16O/c1-4-12(9(2)3)10-6-5-7-11(13)8-10/h5-8,13H,4H2,1-3H3. The van der Waals surface area contributed by atoms with Crippen LogP contribution in [0.15, 0.2) is 29.8 Å². The molecule has 0 spiro atoms. The first-order valence-corrected chi connectivity index (χ1v) is 4.61. The summed E-state index contributed by atoms with van der Waals surface area (Å²) in [5.41, 5.74) is 3.76. The molecule has 0 saturated carbocycles. The van der Waals surface area contributed by atoms with E-state index in [0.717, 1.165) is 12.0 Å². The third-order valence-electron chi connectivity index (χ3n) is 2.15. The average molecular weight is 176 g/mol. The predicted molar refractivity (Wildman–Crippen MR) is 56.7 cm³/mol. The van der Waals surface area contributed by atoms with Crippen molar-refractivity contribution in [3.63, 3.8) is 0 Å². The summed E-state index contributed by atoms with van der Waals surface area (Å²) in [7, 11) is 0. The fourth-order valence-electron chi connectivity index (χ4n) is 1.54. The Bertz CT molecular complexity index is 320. The Morgan fingerprint density at radius 3 is 2.46 bits per heavy atom. The van der Waals surface area contributed by atoms with Gasteiger partial charge in [-0.15, -0.1) is 0 Å². The van der Waals surface area contributed by atoms with Gasteiger partial charge in [0.2, 0.25) is 0 Å². The highest BCUT2D eigenvalue weighted by Gasteiger charge is 2.01. The molecule has 1 N–H and O–H groups in total. The molecular formula is C12H16O. The smallest absolute Gasteiger partial charge is 0.116 e. The topological polar surface area (TPSA) is 20.2 Å². The van der Waals surface area contributed by atoms with Gasteiger partial charge in [-0.25, -0.2) is 0 Å². The SMILES string of the molecule is CCC(=C(C)C)c1cccc(O)c1. The van der Waals surface area contributed by atoms with Gasteiger partial charge in [0.05, 0.1) is 0 Å². The molecule has 1 nitrogen and oxygen atoms in total. The number of phenolic OH excluding ortho intramolecular Hbond substituents is 1. The van der Waals surface area contributed by atoms with Gasteiger partial charge in [0, 0.05) is 0 Å². The molecule has 0 aliphatic heterocycles. The van der Waals surface area contributed by atoms with E-state index < -0.39 is 0 Å². The highest BCUT2D eigenvalue weighted by Crippen LogP contribution is 2.24. The van der Waals surface area contributed by atoms with Crippen LogP contribution in [0.2, 0.25) is 0 Å². The largest absolute Gasteiger partial charge is 0.508 e. The summed E-state index contributed by atoms with van der Waals surface area (Å²) < 4.78 is 0. The summed E-state index contributed by atoms with van der Waals surface area (Å²) in [6.45, 7) is 6.33. The first kappa shape index (κ1) is 9.85. The van der Waals surface area contributed by atoms with Crippen molar-refractivity contribution in [1.29, 1.82) is 0 Å². The Kier molecular flexibility index (Phi) is 3.13. The van der Waals surface area contributed by atoms with Crippen molar-refractivity contribution in [2.75, 3.05) is 0 Å². The number of hydrogen-bond acceptors (Lipinski definition) is 1. The molecule has 70 valence electrons. The lowest BCUT2D eigenvalue weighted by molar-refractivity contribution is 0.475. The molecule has 13 heavy (non-hydrogen) atoms. The zero-order chi connectivity index (χ0) is 9.84. The Hall–Kier alpha value is -1.24. The van der Waals surface area contributed by atoms with E-state index in [2.05, 4.69) is 20.8 Å². The van der Waals surface area contributed by atoms with Crippen LogP contribution >= 0.6 is 0 Å². The van der Waals surface area contributed by atoms with Crippen LogP contribution in [0.25, 0.3) is 5.57 Å². The molecule has 0 aromatic heterocycles. The maximum Gasteiger partial charge on any atom is 0.116 e. The first-order chi connectivity index (χ1) is 6.15. The molecule has 1 aromatic rings. The summed E-state index contributed by atoms with van der Waals surface area (Å²) >= 11 is 0. The number of allylic oxidation sites excluding steroid dienone is 2. The van der Waals surface area contributed by atoms with Gasteiger partial charge in [0.15, 0.2) is 0 Å². The number of hydrogen-bond donors (Lipinski definition) is 1. The second-order valence-corrected chi connectivity index (χ2v) is 3.38. The maximum atomic E-state index is 9.32. The molecular weight excluding hydrogens is 160 g/mol. The summed E-state index contributed by atoms with van der Waals surface area (Å²) in [5.74, 6) is 0.338. The van der Waals surface area contributed by atoms with Gasteiger partial charge in [-0.3, -0.25) is 0 Å². The Labute approximate surface area is 79.7 Å². The van der Waals surface area contributed by atoms with Gasteiger partial charge in [0.1, 0.15) is 5.75 Å². The monoisotopic (exact) mass is 176 g/mol. The van der Waals surface area contributed by atoms with E-state index in [9.17, 15) is 5.11 Å². The minimum atomic E-state index is 0.338. The van der Waals surface area contributed by atoms with Crippen LogP contribution in [0.4, 0.5) is 0 Å². The molecule has 0 heterocycles. The van der Waals surface area contributed by atoms with Crippen molar-refractivity contribution in [1.82, 2.24) is 0 Å². The molecule has 0 aliphatic carbocycles. The van der Waals surface area contributed by atoms with Crippen molar-refractivity contribution in [2.45, 2.75) is 27.2 Å². The van der Waals surface area contributed by atoms with E-state index in [0.29, 0.717) is 5.75 Å². The summed E-state index contributed by atoms with van der Waals surface area (Å²) in [6.07, 6.45) is 1.01. The Balaban J connectivity index is 3.14. The normalized spacial score (nSPS) is 9.77. The molecule has 1 aromatic carbocycles. The molecule has 0 saturated heterocycles. The van der Waals surface area contributed by atoms with Crippen LogP contribution in [-0.4, -0.2) is 5.11 Å². The molecule has 0 amide bonds. The minimum Gasteiger partial charge on any atom is -0.508 e. The van der Waals surface area contributed by atoms with E-state index in [1.54, 1.807) is 6.07 Å². The number of rotatable bonds is 2. The molecule has 0 aliphatic rings. The van der Waals surface area contributed by atoms with Crippen LogP contribution in [0, 0.1) is 0 Å². The van der Waals surface area contributed by atoms with E-state index in [-0.39, 0.29) is 0 Å². The van der Waals surface area contributed by atoms with Crippen LogP contribution in [-0.2, 0) is 0 Å². The highest BCUT2D eigenvalue weighted by atomic mass is 16.3. The van der Waals surface area contributed by atoms with Gasteiger partial charge in [-0.05, 0) is 43.5 Å². The maximum absolute atomic E-state index is 9.32. The second kappa shape index (κ2) is 4.13. The van der Waals surface area contributed by atoms with E-state index in [1.807, 2.05) is 18.2 Å². The fourth-order valence-corrected chi connectivity index (χ4v) is 1.54. The van der Waals surface area contributed by atoms with E-state index in [1.165, 1.54) is 11.1 Å². The number of aromatic hydroxyl groups is 1. The van der Waals surface area contributed by atoms with Crippen molar-refractivity contribution in [3.05, 3.63) is 35.4 Å². The lowest BCUT2D eigenvalue weighted by Gasteiger charge is -2.07. The third kappa shape index (κ3) is 2.35. The van der Waals surface area contributed by atoms with E-state index in [4.69, 9.17) is 0 Å². The van der Waals surface area contributed by atoms with Crippen LogP contribution in [0.1, 0.15) is 32.8 Å². The average Bonchev–Trinajstić information content (AvgIpc) is 2.04. The first-order valence-electron chi connectivity index (χ1n) is 4.61. The van der Waals surface area contributed by atoms with Crippen LogP contribution in [0.3, 0.4) is 0 Å². The molecule has 0 radical (unpaired) electrons. The van der Waals surface area contributed by atoms with Gasteiger partial charge >= 0.3 is 0 Å². The van der Waals surface area contributed by atoms with E-state index >= 15 is 0 Å². The summed E-state index contributed by atoms with van der Waals surface area (Å²) in [6, 6.07) is 7.42. The second-order valence-electron chi connectivity index (χ2n) is 3.38. The molecule has 0 unspecified atom stereocenters. The lowest BCUT2D eigenvalue weighted by atomic mass is 9.99. The predicted octanol–water partition coefficient (Wildman–Crippen LogP) is 3.60. The highest BCUT2D eigenvalue weighted by molar-refractivity contribution is 5.68. The third-order valence-corrected chi connectivity index (χ3v) is 2.15. The lowest BCUT2D eigenvalue weighted by Crippen LogP contribution is -1.85. The van der Waals surface area contributed by atoms with Crippen LogP contribution in [0.5, 0.6) is 5.75 Å². The molecule has 0 atom stereocenters. The van der Waals surface area contributed by atoms with Gasteiger partial charge in [0.25, 0.3) is 0 Å². The fraction of sp³-hybridized carbons (Fsp3) is 0.333. The molecule has 1 heteroatoms. The zero-order valence-corrected chi connectivity index (χ0v) is 8.46. The number of benzene rings is 1. The summed E-state index contributed by atoms with van der Waals surface area (Å²) in [5, 5.41) is 9.32.